The van der Waals surface area contributed by atoms with E-state index in [0.29, 0.717) is 13.1 Å². The molecule has 2 aromatic rings. The van der Waals surface area contributed by atoms with Gasteiger partial charge in [0.05, 0.1) is 0 Å². The first kappa shape index (κ1) is 20.2. The molecule has 2 aromatic carbocycles. The second-order valence-electron chi connectivity index (χ2n) is 8.37. The summed E-state index contributed by atoms with van der Waals surface area (Å²) in [4.78, 5) is 28.6. The third kappa shape index (κ3) is 4.40. The fourth-order valence-corrected chi connectivity index (χ4v) is 4.14. The Morgan fingerprint density at radius 2 is 1.60 bits per heavy atom. The number of carbonyl (C=O) groups excluding carboxylic acids is 2. The maximum Gasteiger partial charge on any atom is 0.322 e. The Hall–Kier alpha value is -3.08. The average molecular weight is 404 g/mol. The van der Waals surface area contributed by atoms with E-state index in [9.17, 15) is 9.59 Å². The van der Waals surface area contributed by atoms with Crippen molar-refractivity contribution in [3.05, 3.63) is 71.3 Å². The fraction of sp³-hybridized carbons (Fsp3) is 0.360. The normalized spacial score (nSPS) is 16.2. The van der Waals surface area contributed by atoms with Crippen LogP contribution in [0, 0.1) is 5.92 Å². The number of hydrogen-bond acceptors (Lipinski definition) is 2. The molecule has 2 aliphatic rings. The molecule has 0 fully saturated rings. The number of amides is 3. The SMILES string of the molecule is CC(C)C(=O)N1CC=C(c2ccc(NC(=O)N3CCc4ccccc4C3)cc2)CC1. The van der Waals surface area contributed by atoms with E-state index in [0.717, 1.165) is 37.2 Å². The summed E-state index contributed by atoms with van der Waals surface area (Å²) in [6.07, 6.45) is 3.90. The van der Waals surface area contributed by atoms with Crippen molar-refractivity contribution in [1.29, 1.82) is 0 Å². The van der Waals surface area contributed by atoms with Gasteiger partial charge < -0.3 is 15.1 Å². The van der Waals surface area contributed by atoms with E-state index in [1.807, 2.05) is 54.0 Å². The molecule has 1 N–H and O–H groups in total. The number of nitrogens with one attached hydrogen (secondary N) is 1. The Morgan fingerprint density at radius 1 is 0.900 bits per heavy atom. The zero-order chi connectivity index (χ0) is 21.1. The first-order chi connectivity index (χ1) is 14.5. The molecule has 5 heteroatoms. The van der Waals surface area contributed by atoms with Gasteiger partial charge in [-0.1, -0.05) is 56.3 Å². The summed E-state index contributed by atoms with van der Waals surface area (Å²) in [5.74, 6) is 0.250. The van der Waals surface area contributed by atoms with Crippen molar-refractivity contribution in [2.24, 2.45) is 5.92 Å². The zero-order valence-electron chi connectivity index (χ0n) is 17.7. The second kappa shape index (κ2) is 8.74. The lowest BCUT2D eigenvalue weighted by molar-refractivity contribution is -0.134. The molecular formula is C25H29N3O2. The van der Waals surface area contributed by atoms with Crippen molar-refractivity contribution in [2.75, 3.05) is 25.0 Å². The van der Waals surface area contributed by atoms with Crippen molar-refractivity contribution < 1.29 is 9.59 Å². The molecule has 0 spiro atoms. The van der Waals surface area contributed by atoms with E-state index in [4.69, 9.17) is 0 Å². The minimum absolute atomic E-state index is 0.0382. The number of nitrogens with zero attached hydrogens (tertiary/aromatic N) is 2. The molecule has 0 saturated carbocycles. The van der Waals surface area contributed by atoms with E-state index in [2.05, 4.69) is 29.6 Å². The quantitative estimate of drug-likeness (QED) is 0.817. The number of urea groups is 1. The van der Waals surface area contributed by atoms with Gasteiger partial charge in [0.1, 0.15) is 0 Å². The van der Waals surface area contributed by atoms with Crippen LogP contribution in [0.3, 0.4) is 0 Å². The second-order valence-corrected chi connectivity index (χ2v) is 8.37. The Kier molecular flexibility index (Phi) is 5.88. The van der Waals surface area contributed by atoms with Gasteiger partial charge in [-0.15, -0.1) is 0 Å². The maximum absolute atomic E-state index is 12.7. The van der Waals surface area contributed by atoms with Gasteiger partial charge in [-0.2, -0.15) is 0 Å². The standard InChI is InChI=1S/C25H29N3O2/c1-18(2)24(29)27-14-11-21(12-15-27)20-7-9-23(10-8-20)26-25(30)28-16-13-19-5-3-4-6-22(19)17-28/h3-11,18H,12-17H2,1-2H3,(H,26,30). The molecule has 2 aliphatic heterocycles. The van der Waals surface area contributed by atoms with Crippen LogP contribution in [-0.4, -0.2) is 41.4 Å². The molecule has 0 radical (unpaired) electrons. The van der Waals surface area contributed by atoms with Crippen molar-refractivity contribution in [3.8, 4) is 0 Å². The minimum atomic E-state index is -0.0584. The van der Waals surface area contributed by atoms with Gasteiger partial charge in [0.15, 0.2) is 0 Å². The number of carbonyl (C=O) groups is 2. The average Bonchev–Trinajstić information content (AvgIpc) is 2.79. The molecule has 0 unspecified atom stereocenters. The van der Waals surface area contributed by atoms with Crippen LogP contribution in [0.25, 0.3) is 5.57 Å². The highest BCUT2D eigenvalue weighted by Gasteiger charge is 2.21. The van der Waals surface area contributed by atoms with E-state index in [-0.39, 0.29) is 17.9 Å². The van der Waals surface area contributed by atoms with E-state index in [1.165, 1.54) is 16.7 Å². The van der Waals surface area contributed by atoms with Crippen molar-refractivity contribution in [3.63, 3.8) is 0 Å². The smallest absolute Gasteiger partial charge is 0.322 e. The van der Waals surface area contributed by atoms with Gasteiger partial charge in [-0.3, -0.25) is 4.79 Å². The van der Waals surface area contributed by atoms with Crippen molar-refractivity contribution in [1.82, 2.24) is 9.80 Å². The van der Waals surface area contributed by atoms with Crippen LogP contribution >= 0.6 is 0 Å². The Labute approximate surface area is 178 Å². The highest BCUT2D eigenvalue weighted by molar-refractivity contribution is 5.89. The molecular weight excluding hydrogens is 374 g/mol. The molecule has 3 amide bonds. The molecule has 0 aromatic heterocycles. The maximum atomic E-state index is 12.7. The van der Waals surface area contributed by atoms with Gasteiger partial charge in [0, 0.05) is 37.8 Å². The molecule has 0 atom stereocenters. The summed E-state index contributed by atoms with van der Waals surface area (Å²) in [5, 5.41) is 3.02. The molecule has 2 heterocycles. The summed E-state index contributed by atoms with van der Waals surface area (Å²) in [7, 11) is 0. The lowest BCUT2D eigenvalue weighted by Gasteiger charge is -2.29. The first-order valence-corrected chi connectivity index (χ1v) is 10.7. The number of rotatable bonds is 3. The van der Waals surface area contributed by atoms with Crippen LogP contribution in [0.2, 0.25) is 0 Å². The van der Waals surface area contributed by atoms with Gasteiger partial charge in [0.25, 0.3) is 0 Å². The Balaban J connectivity index is 1.35. The van der Waals surface area contributed by atoms with E-state index in [1.54, 1.807) is 0 Å². The van der Waals surface area contributed by atoms with Gasteiger partial charge in [0.2, 0.25) is 5.91 Å². The lowest BCUT2D eigenvalue weighted by Crippen LogP contribution is -2.38. The third-order valence-corrected chi connectivity index (χ3v) is 5.94. The van der Waals surface area contributed by atoms with Crippen LogP contribution in [-0.2, 0) is 17.8 Å². The molecule has 0 saturated heterocycles. The van der Waals surface area contributed by atoms with Gasteiger partial charge in [-0.05, 0) is 47.2 Å². The third-order valence-electron chi connectivity index (χ3n) is 5.94. The topological polar surface area (TPSA) is 52.7 Å². The van der Waals surface area contributed by atoms with Crippen LogP contribution in [0.1, 0.15) is 37.0 Å². The van der Waals surface area contributed by atoms with Gasteiger partial charge >= 0.3 is 6.03 Å². The molecule has 5 nitrogen and oxygen atoms in total. The highest BCUT2D eigenvalue weighted by Crippen LogP contribution is 2.25. The number of hydrogen-bond donors (Lipinski definition) is 1. The molecule has 156 valence electrons. The summed E-state index contributed by atoms with van der Waals surface area (Å²) < 4.78 is 0. The van der Waals surface area contributed by atoms with Gasteiger partial charge in [-0.25, -0.2) is 4.79 Å². The summed E-state index contributed by atoms with van der Waals surface area (Å²) in [5.41, 5.74) is 5.77. The predicted octanol–water partition coefficient (Wildman–Crippen LogP) is 4.55. The monoisotopic (exact) mass is 403 g/mol. The molecule has 0 bridgehead atoms. The first-order valence-electron chi connectivity index (χ1n) is 10.7. The van der Waals surface area contributed by atoms with Crippen LogP contribution in [0.15, 0.2) is 54.6 Å². The Morgan fingerprint density at radius 3 is 2.27 bits per heavy atom. The van der Waals surface area contributed by atoms with Crippen LogP contribution in [0.5, 0.6) is 0 Å². The number of fused-ring (bicyclic) bond motifs is 1. The predicted molar refractivity (Wildman–Crippen MR) is 120 cm³/mol. The minimum Gasteiger partial charge on any atom is -0.338 e. The van der Waals surface area contributed by atoms with Crippen LogP contribution in [0.4, 0.5) is 10.5 Å². The molecule has 30 heavy (non-hydrogen) atoms. The van der Waals surface area contributed by atoms with Crippen molar-refractivity contribution >= 4 is 23.2 Å². The summed E-state index contributed by atoms with van der Waals surface area (Å²) in [6.45, 7) is 6.70. The fourth-order valence-electron chi connectivity index (χ4n) is 4.14. The molecule has 4 rings (SSSR count). The summed E-state index contributed by atoms with van der Waals surface area (Å²) in [6, 6.07) is 16.3. The summed E-state index contributed by atoms with van der Waals surface area (Å²) >= 11 is 0. The largest absolute Gasteiger partial charge is 0.338 e. The highest BCUT2D eigenvalue weighted by atomic mass is 16.2. The van der Waals surface area contributed by atoms with E-state index < -0.39 is 0 Å². The molecule has 0 aliphatic carbocycles. The lowest BCUT2D eigenvalue weighted by atomic mass is 9.98. The zero-order valence-corrected chi connectivity index (χ0v) is 17.7. The number of anilines is 1. The Bertz CT molecular complexity index is 963. The van der Waals surface area contributed by atoms with Crippen molar-refractivity contribution in [2.45, 2.75) is 33.2 Å². The van der Waals surface area contributed by atoms with Crippen LogP contribution < -0.4 is 5.32 Å². The number of benzene rings is 2. The van der Waals surface area contributed by atoms with E-state index >= 15 is 0 Å².